The predicted molar refractivity (Wildman–Crippen MR) is 105 cm³/mol. The minimum Gasteiger partial charge on any atom is -0.467 e. The lowest BCUT2D eigenvalue weighted by molar-refractivity contribution is -0.390. The average Bonchev–Trinajstić information content (AvgIpc) is 2.66. The van der Waals surface area contributed by atoms with E-state index in [0.29, 0.717) is 11.3 Å². The van der Waals surface area contributed by atoms with Gasteiger partial charge in [0.2, 0.25) is 11.9 Å². The number of nitrogens with one attached hydrogen (secondary N) is 1. The van der Waals surface area contributed by atoms with Crippen molar-refractivity contribution < 1.29 is 14.5 Å². The van der Waals surface area contributed by atoms with Crippen LogP contribution in [0.4, 0.5) is 11.5 Å². The zero-order valence-corrected chi connectivity index (χ0v) is 15.5. The number of hydrogen-bond donors (Lipinski definition) is 1. The van der Waals surface area contributed by atoms with Crippen LogP contribution in [0.2, 0.25) is 0 Å². The molecular formula is C21H19N3O4. The molecule has 3 aromatic rings. The van der Waals surface area contributed by atoms with E-state index in [0.717, 1.165) is 11.1 Å². The number of carbonyl (C=O) groups excluding carboxylic acids is 1. The van der Waals surface area contributed by atoms with Crippen LogP contribution in [0.3, 0.4) is 0 Å². The van der Waals surface area contributed by atoms with Crippen LogP contribution in [-0.4, -0.2) is 15.8 Å². The maximum atomic E-state index is 13.0. The number of hydrogen-bond acceptors (Lipinski definition) is 5. The molecule has 7 nitrogen and oxygen atoms in total. The van der Waals surface area contributed by atoms with Gasteiger partial charge in [-0.05, 0) is 59.1 Å². The van der Waals surface area contributed by atoms with Crippen LogP contribution in [0.5, 0.6) is 5.75 Å². The first kappa shape index (κ1) is 19.0. The van der Waals surface area contributed by atoms with Gasteiger partial charge in [0.25, 0.3) is 5.91 Å². The van der Waals surface area contributed by atoms with E-state index in [1.165, 1.54) is 18.3 Å². The van der Waals surface area contributed by atoms with Crippen LogP contribution in [0.1, 0.15) is 22.8 Å². The molecule has 0 fully saturated rings. The molecule has 7 heteroatoms. The summed E-state index contributed by atoms with van der Waals surface area (Å²) in [7, 11) is 0. The van der Waals surface area contributed by atoms with Crippen LogP contribution in [0.25, 0.3) is 0 Å². The van der Waals surface area contributed by atoms with Crippen molar-refractivity contribution in [3.63, 3.8) is 0 Å². The summed E-state index contributed by atoms with van der Waals surface area (Å²) >= 11 is 0. The van der Waals surface area contributed by atoms with Gasteiger partial charge in [-0.1, -0.05) is 36.4 Å². The Balaban J connectivity index is 1.94. The Kier molecular flexibility index (Phi) is 5.64. The van der Waals surface area contributed by atoms with Crippen molar-refractivity contribution in [3.8, 4) is 5.75 Å². The van der Waals surface area contributed by atoms with E-state index < -0.39 is 22.8 Å². The molecule has 2 aromatic carbocycles. The van der Waals surface area contributed by atoms with Gasteiger partial charge in [-0.2, -0.15) is 0 Å². The fourth-order valence-electron chi connectivity index (χ4n) is 2.89. The highest BCUT2D eigenvalue weighted by molar-refractivity contribution is 5.95. The smallest absolute Gasteiger partial charge is 0.406 e. The van der Waals surface area contributed by atoms with Crippen molar-refractivity contribution in [1.82, 2.24) is 4.98 Å². The molecule has 0 radical (unpaired) electrons. The Morgan fingerprint density at radius 2 is 1.75 bits per heavy atom. The Labute approximate surface area is 162 Å². The minimum atomic E-state index is -1.08. The number of aryl methyl sites for hydroxylation is 2. The van der Waals surface area contributed by atoms with E-state index >= 15 is 0 Å². The first-order valence-corrected chi connectivity index (χ1v) is 8.64. The van der Waals surface area contributed by atoms with Gasteiger partial charge in [-0.3, -0.25) is 4.79 Å². The van der Waals surface area contributed by atoms with E-state index in [4.69, 9.17) is 4.74 Å². The van der Waals surface area contributed by atoms with E-state index in [-0.39, 0.29) is 5.75 Å². The molecule has 28 heavy (non-hydrogen) atoms. The van der Waals surface area contributed by atoms with E-state index in [9.17, 15) is 14.9 Å². The maximum Gasteiger partial charge on any atom is 0.406 e. The standard InChI is InChI=1S/C21H19N3O4/c1-14-11-15(2)13-17(12-14)23-21(25)19(16-7-4-3-5-8-16)28-18-9-6-10-22-20(18)24(26)27/h3-13,19H,1-2H3,(H,23,25). The lowest BCUT2D eigenvalue weighted by Gasteiger charge is -2.19. The third-order valence-corrected chi connectivity index (χ3v) is 4.00. The van der Waals surface area contributed by atoms with E-state index in [1.807, 2.05) is 38.1 Å². The molecule has 1 N–H and O–H groups in total. The number of nitrogens with zero attached hydrogens (tertiary/aromatic N) is 2. The number of amides is 1. The zero-order valence-electron chi connectivity index (χ0n) is 15.5. The summed E-state index contributed by atoms with van der Waals surface area (Å²) in [6.45, 7) is 3.87. The number of rotatable bonds is 6. The van der Waals surface area contributed by atoms with Gasteiger partial charge in [0.15, 0.2) is 0 Å². The Morgan fingerprint density at radius 1 is 1.07 bits per heavy atom. The van der Waals surface area contributed by atoms with Crippen molar-refractivity contribution in [2.45, 2.75) is 20.0 Å². The molecule has 0 aliphatic carbocycles. The number of carbonyl (C=O) groups is 1. The molecule has 0 saturated heterocycles. The molecule has 0 aliphatic rings. The second-order valence-corrected chi connectivity index (χ2v) is 6.36. The first-order valence-electron chi connectivity index (χ1n) is 8.64. The molecule has 1 aromatic heterocycles. The quantitative estimate of drug-likeness (QED) is 0.509. The molecule has 1 unspecified atom stereocenters. The van der Waals surface area contributed by atoms with E-state index in [2.05, 4.69) is 10.3 Å². The average molecular weight is 377 g/mol. The molecule has 1 heterocycles. The molecule has 1 atom stereocenters. The lowest BCUT2D eigenvalue weighted by Crippen LogP contribution is -2.26. The molecule has 0 bridgehead atoms. The summed E-state index contributed by atoms with van der Waals surface area (Å²) in [5, 5.41) is 14.1. The Morgan fingerprint density at radius 3 is 2.39 bits per heavy atom. The van der Waals surface area contributed by atoms with Crippen molar-refractivity contribution in [3.05, 3.63) is 93.7 Å². The van der Waals surface area contributed by atoms with Gasteiger partial charge < -0.3 is 20.2 Å². The SMILES string of the molecule is Cc1cc(C)cc(NC(=O)C(Oc2cccnc2[N+](=O)[O-])c2ccccc2)c1. The largest absolute Gasteiger partial charge is 0.467 e. The predicted octanol–water partition coefficient (Wildman–Crippen LogP) is 4.37. The fourth-order valence-corrected chi connectivity index (χ4v) is 2.89. The maximum absolute atomic E-state index is 13.0. The van der Waals surface area contributed by atoms with Crippen molar-refractivity contribution in [1.29, 1.82) is 0 Å². The summed E-state index contributed by atoms with van der Waals surface area (Å²) in [5.74, 6) is -0.950. The molecule has 0 saturated carbocycles. The minimum absolute atomic E-state index is 0.0723. The third kappa shape index (κ3) is 4.50. The highest BCUT2D eigenvalue weighted by atomic mass is 16.6. The van der Waals surface area contributed by atoms with Crippen LogP contribution < -0.4 is 10.1 Å². The van der Waals surface area contributed by atoms with Gasteiger partial charge in [0.05, 0.1) is 0 Å². The fraction of sp³-hybridized carbons (Fsp3) is 0.143. The van der Waals surface area contributed by atoms with Crippen LogP contribution in [-0.2, 0) is 4.79 Å². The van der Waals surface area contributed by atoms with Crippen LogP contribution >= 0.6 is 0 Å². The number of nitro groups is 1. The van der Waals surface area contributed by atoms with Crippen molar-refractivity contribution in [2.24, 2.45) is 0 Å². The molecular weight excluding hydrogens is 358 g/mol. The molecule has 0 spiro atoms. The van der Waals surface area contributed by atoms with Gasteiger partial charge in [-0.15, -0.1) is 0 Å². The van der Waals surface area contributed by atoms with Gasteiger partial charge in [-0.25, -0.2) is 0 Å². The summed E-state index contributed by atoms with van der Waals surface area (Å²) in [6.07, 6.45) is 0.225. The first-order chi connectivity index (χ1) is 13.4. The summed E-state index contributed by atoms with van der Waals surface area (Å²) in [6, 6.07) is 17.5. The second kappa shape index (κ2) is 8.30. The number of benzene rings is 2. The Bertz CT molecular complexity index is 985. The number of anilines is 1. The van der Waals surface area contributed by atoms with Crippen molar-refractivity contribution in [2.75, 3.05) is 5.32 Å². The molecule has 1 amide bonds. The number of aromatic nitrogens is 1. The normalized spacial score (nSPS) is 11.5. The van der Waals surface area contributed by atoms with Gasteiger partial charge in [0.1, 0.15) is 6.20 Å². The monoisotopic (exact) mass is 377 g/mol. The number of ether oxygens (including phenoxy) is 1. The molecule has 142 valence electrons. The van der Waals surface area contributed by atoms with Crippen LogP contribution in [0, 0.1) is 24.0 Å². The Hall–Kier alpha value is -3.74. The lowest BCUT2D eigenvalue weighted by atomic mass is 10.1. The van der Waals surface area contributed by atoms with Crippen LogP contribution in [0.15, 0.2) is 66.9 Å². The zero-order chi connectivity index (χ0) is 20.1. The second-order valence-electron chi connectivity index (χ2n) is 6.36. The highest BCUT2D eigenvalue weighted by Crippen LogP contribution is 2.29. The number of pyridine rings is 1. The molecule has 3 rings (SSSR count). The van der Waals surface area contributed by atoms with Gasteiger partial charge in [0, 0.05) is 11.3 Å². The molecule has 0 aliphatic heterocycles. The van der Waals surface area contributed by atoms with E-state index in [1.54, 1.807) is 24.3 Å². The van der Waals surface area contributed by atoms with Gasteiger partial charge >= 0.3 is 5.82 Å². The summed E-state index contributed by atoms with van der Waals surface area (Å²) in [5.41, 5.74) is 3.22. The third-order valence-electron chi connectivity index (χ3n) is 4.00. The van der Waals surface area contributed by atoms with Crippen molar-refractivity contribution >= 4 is 17.4 Å². The summed E-state index contributed by atoms with van der Waals surface area (Å²) in [4.78, 5) is 27.3. The highest BCUT2D eigenvalue weighted by Gasteiger charge is 2.27. The summed E-state index contributed by atoms with van der Waals surface area (Å²) < 4.78 is 5.77. The topological polar surface area (TPSA) is 94.4 Å².